The van der Waals surface area contributed by atoms with Crippen molar-refractivity contribution in [1.82, 2.24) is 20.1 Å². The second-order valence-corrected chi connectivity index (χ2v) is 5.73. The Kier molecular flexibility index (Phi) is 3.75. The molecule has 2 aromatic heterocycles. The first kappa shape index (κ1) is 14.4. The van der Waals surface area contributed by atoms with E-state index in [-0.39, 0.29) is 23.2 Å². The number of nitrogens with zero attached hydrogens (tertiary/aromatic N) is 3. The summed E-state index contributed by atoms with van der Waals surface area (Å²) in [5.41, 5.74) is 1.99. The standard InChI is InChI=1S/C16H18N4O2/c1-10-7-8-17-13(9-10)15(11-3-4-11)18-16(22)12-5-6-14(21)20(2)19-12/h5-9,11,15H,3-4H2,1-2H3,(H,18,22). The molecule has 0 saturated heterocycles. The van der Waals surface area contributed by atoms with Crippen LogP contribution in [-0.4, -0.2) is 20.7 Å². The molecule has 1 unspecified atom stereocenters. The summed E-state index contributed by atoms with van der Waals surface area (Å²) in [4.78, 5) is 28.1. The first-order chi connectivity index (χ1) is 10.5. The van der Waals surface area contributed by atoms with Crippen LogP contribution in [0, 0.1) is 12.8 Å². The number of nitrogens with one attached hydrogen (secondary N) is 1. The van der Waals surface area contributed by atoms with Gasteiger partial charge in [-0.2, -0.15) is 5.10 Å². The maximum atomic E-state index is 12.4. The van der Waals surface area contributed by atoms with Gasteiger partial charge in [0, 0.05) is 19.3 Å². The van der Waals surface area contributed by atoms with E-state index in [0.717, 1.165) is 28.8 Å². The Balaban J connectivity index is 1.83. The third kappa shape index (κ3) is 3.05. The summed E-state index contributed by atoms with van der Waals surface area (Å²) in [6.45, 7) is 2.01. The Bertz CT molecular complexity index is 765. The smallest absolute Gasteiger partial charge is 0.272 e. The van der Waals surface area contributed by atoms with Crippen LogP contribution in [-0.2, 0) is 7.05 Å². The Labute approximate surface area is 128 Å². The van der Waals surface area contributed by atoms with E-state index in [2.05, 4.69) is 15.4 Å². The van der Waals surface area contributed by atoms with Gasteiger partial charge in [-0.3, -0.25) is 14.6 Å². The lowest BCUT2D eigenvalue weighted by atomic mass is 10.1. The number of pyridine rings is 1. The quantitative estimate of drug-likeness (QED) is 0.924. The second kappa shape index (κ2) is 5.71. The van der Waals surface area contributed by atoms with Gasteiger partial charge < -0.3 is 5.32 Å². The molecule has 1 N–H and O–H groups in total. The molecule has 2 heterocycles. The maximum Gasteiger partial charge on any atom is 0.272 e. The number of aryl methyl sites for hydroxylation is 2. The molecule has 0 spiro atoms. The molecular formula is C16H18N4O2. The van der Waals surface area contributed by atoms with Crippen LogP contribution in [0.25, 0.3) is 0 Å². The summed E-state index contributed by atoms with van der Waals surface area (Å²) >= 11 is 0. The molecule has 1 aliphatic rings. The lowest BCUT2D eigenvalue weighted by Gasteiger charge is -2.18. The zero-order valence-electron chi connectivity index (χ0n) is 12.6. The van der Waals surface area contributed by atoms with Crippen LogP contribution >= 0.6 is 0 Å². The highest BCUT2D eigenvalue weighted by Gasteiger charge is 2.34. The van der Waals surface area contributed by atoms with Gasteiger partial charge in [-0.15, -0.1) is 0 Å². The van der Waals surface area contributed by atoms with Gasteiger partial charge in [0.05, 0.1) is 11.7 Å². The third-order valence-corrected chi connectivity index (χ3v) is 3.83. The molecule has 0 radical (unpaired) electrons. The number of rotatable bonds is 4. The zero-order valence-corrected chi connectivity index (χ0v) is 12.6. The van der Waals surface area contributed by atoms with Gasteiger partial charge in [-0.1, -0.05) is 0 Å². The van der Waals surface area contributed by atoms with Gasteiger partial charge in [-0.05, 0) is 49.4 Å². The molecule has 0 aromatic carbocycles. The molecule has 3 rings (SSSR count). The van der Waals surface area contributed by atoms with E-state index < -0.39 is 0 Å². The molecule has 22 heavy (non-hydrogen) atoms. The molecule has 6 heteroatoms. The van der Waals surface area contributed by atoms with E-state index in [1.165, 1.54) is 19.2 Å². The van der Waals surface area contributed by atoms with Crippen LogP contribution in [0.3, 0.4) is 0 Å². The molecular weight excluding hydrogens is 280 g/mol. The van der Waals surface area contributed by atoms with Crippen molar-refractivity contribution in [3.05, 3.63) is 57.8 Å². The second-order valence-electron chi connectivity index (χ2n) is 5.73. The SMILES string of the molecule is Cc1ccnc(C(NC(=O)c2ccc(=O)n(C)n2)C2CC2)c1. The fraction of sp³-hybridized carbons (Fsp3) is 0.375. The molecule has 6 nitrogen and oxygen atoms in total. The zero-order chi connectivity index (χ0) is 15.7. The highest BCUT2D eigenvalue weighted by Crippen LogP contribution is 2.40. The van der Waals surface area contributed by atoms with Crippen LogP contribution in [0.15, 0.2) is 35.3 Å². The Morgan fingerprint density at radius 2 is 2.14 bits per heavy atom. The Morgan fingerprint density at radius 3 is 2.77 bits per heavy atom. The maximum absolute atomic E-state index is 12.4. The van der Waals surface area contributed by atoms with Crippen molar-refractivity contribution in [3.8, 4) is 0 Å². The summed E-state index contributed by atoms with van der Waals surface area (Å²) in [5.74, 6) is 0.140. The third-order valence-electron chi connectivity index (χ3n) is 3.83. The predicted molar refractivity (Wildman–Crippen MR) is 81.4 cm³/mol. The number of aromatic nitrogens is 3. The van der Waals surface area contributed by atoms with Gasteiger partial charge in [0.2, 0.25) is 0 Å². The largest absolute Gasteiger partial charge is 0.342 e. The Hall–Kier alpha value is -2.50. The van der Waals surface area contributed by atoms with Crippen molar-refractivity contribution in [2.24, 2.45) is 13.0 Å². The van der Waals surface area contributed by atoms with Gasteiger partial charge in [0.1, 0.15) is 5.69 Å². The fourth-order valence-electron chi connectivity index (χ4n) is 2.43. The van der Waals surface area contributed by atoms with Crippen LogP contribution < -0.4 is 10.9 Å². The van der Waals surface area contributed by atoms with Crippen molar-refractivity contribution >= 4 is 5.91 Å². The van der Waals surface area contributed by atoms with E-state index in [1.54, 1.807) is 6.20 Å². The average molecular weight is 298 g/mol. The highest BCUT2D eigenvalue weighted by molar-refractivity contribution is 5.92. The van der Waals surface area contributed by atoms with Crippen molar-refractivity contribution < 1.29 is 4.79 Å². The first-order valence-electron chi connectivity index (χ1n) is 7.32. The molecule has 114 valence electrons. The van der Waals surface area contributed by atoms with E-state index in [9.17, 15) is 9.59 Å². The predicted octanol–water partition coefficient (Wildman–Crippen LogP) is 1.36. The van der Waals surface area contributed by atoms with Gasteiger partial charge in [0.25, 0.3) is 11.5 Å². The minimum absolute atomic E-state index is 0.105. The molecule has 0 bridgehead atoms. The summed E-state index contributed by atoms with van der Waals surface area (Å²) in [7, 11) is 1.53. The summed E-state index contributed by atoms with van der Waals surface area (Å²) in [5, 5.41) is 6.99. The highest BCUT2D eigenvalue weighted by atomic mass is 16.2. The molecule has 1 fully saturated rings. The van der Waals surface area contributed by atoms with Gasteiger partial charge in [0.15, 0.2) is 0 Å². The molecule has 2 aromatic rings. The first-order valence-corrected chi connectivity index (χ1v) is 7.32. The topological polar surface area (TPSA) is 76.9 Å². The number of carbonyl (C=O) groups is 1. The average Bonchev–Trinajstić information content (AvgIpc) is 3.32. The van der Waals surface area contributed by atoms with Crippen molar-refractivity contribution in [3.63, 3.8) is 0 Å². The minimum atomic E-state index is -0.282. The van der Waals surface area contributed by atoms with Crippen LogP contribution in [0.1, 0.15) is 40.6 Å². The van der Waals surface area contributed by atoms with Gasteiger partial charge >= 0.3 is 0 Å². The van der Waals surface area contributed by atoms with Crippen LogP contribution in [0.2, 0.25) is 0 Å². The lowest BCUT2D eigenvalue weighted by molar-refractivity contribution is 0.0923. The van der Waals surface area contributed by atoms with E-state index in [4.69, 9.17) is 0 Å². The van der Waals surface area contributed by atoms with Crippen molar-refractivity contribution in [2.75, 3.05) is 0 Å². The van der Waals surface area contributed by atoms with Crippen molar-refractivity contribution in [2.45, 2.75) is 25.8 Å². The summed E-state index contributed by atoms with van der Waals surface area (Å²) in [6, 6.07) is 6.62. The summed E-state index contributed by atoms with van der Waals surface area (Å²) in [6.07, 6.45) is 3.93. The van der Waals surface area contributed by atoms with E-state index in [0.29, 0.717) is 5.92 Å². The van der Waals surface area contributed by atoms with E-state index >= 15 is 0 Å². The number of hydrogen-bond acceptors (Lipinski definition) is 4. The van der Waals surface area contributed by atoms with Gasteiger partial charge in [-0.25, -0.2) is 4.68 Å². The van der Waals surface area contributed by atoms with Crippen LogP contribution in [0.5, 0.6) is 0 Å². The normalized spacial score (nSPS) is 15.4. The molecule has 0 aliphatic heterocycles. The lowest BCUT2D eigenvalue weighted by Crippen LogP contribution is -2.33. The van der Waals surface area contributed by atoms with Crippen molar-refractivity contribution in [1.29, 1.82) is 0 Å². The fourth-order valence-corrected chi connectivity index (χ4v) is 2.43. The molecule has 1 saturated carbocycles. The van der Waals surface area contributed by atoms with Crippen LogP contribution in [0.4, 0.5) is 0 Å². The summed E-state index contributed by atoms with van der Waals surface area (Å²) < 4.78 is 1.16. The molecule has 1 atom stereocenters. The number of carbonyl (C=O) groups excluding carboxylic acids is 1. The van der Waals surface area contributed by atoms with E-state index in [1.807, 2.05) is 19.1 Å². The Morgan fingerprint density at radius 1 is 1.36 bits per heavy atom. The monoisotopic (exact) mass is 298 g/mol. The number of hydrogen-bond donors (Lipinski definition) is 1. The number of amides is 1. The minimum Gasteiger partial charge on any atom is -0.342 e. The molecule has 1 amide bonds. The molecule has 1 aliphatic carbocycles.